The minimum atomic E-state index is -1.02. The van der Waals surface area contributed by atoms with Crippen molar-refractivity contribution in [2.24, 2.45) is 5.10 Å². The molecule has 0 saturated carbocycles. The lowest BCUT2D eigenvalue weighted by atomic mass is 10.2. The van der Waals surface area contributed by atoms with Crippen LogP contribution in [0, 0.1) is 5.82 Å². The zero-order chi connectivity index (χ0) is 26.1. The van der Waals surface area contributed by atoms with Crippen LogP contribution in [-0.4, -0.2) is 37.7 Å². The largest absolute Gasteiger partial charge is 0.493 e. The molecule has 3 amide bonds. The van der Waals surface area contributed by atoms with Crippen LogP contribution in [0.25, 0.3) is 0 Å². The van der Waals surface area contributed by atoms with Gasteiger partial charge in [0.1, 0.15) is 5.82 Å². The molecule has 9 nitrogen and oxygen atoms in total. The number of carbonyl (C=O) groups excluding carboxylic acids is 3. The van der Waals surface area contributed by atoms with Crippen molar-refractivity contribution >= 4 is 62.8 Å². The van der Waals surface area contributed by atoms with Gasteiger partial charge in [-0.15, -0.1) is 0 Å². The van der Waals surface area contributed by atoms with Crippen LogP contribution in [0.15, 0.2) is 70.2 Å². The number of rotatable bonds is 8. The number of hydrazone groups is 1. The second-order valence-electron chi connectivity index (χ2n) is 7.01. The van der Waals surface area contributed by atoms with Crippen molar-refractivity contribution in [2.45, 2.75) is 0 Å². The average molecular weight is 578 g/mol. The Morgan fingerprint density at radius 2 is 1.78 bits per heavy atom. The summed E-state index contributed by atoms with van der Waals surface area (Å²) in [6.45, 7) is -0.313. The van der Waals surface area contributed by atoms with Gasteiger partial charge in [-0.1, -0.05) is 23.7 Å². The predicted molar refractivity (Wildman–Crippen MR) is 137 cm³/mol. The Morgan fingerprint density at radius 3 is 2.47 bits per heavy atom. The maximum Gasteiger partial charge on any atom is 0.329 e. The summed E-state index contributed by atoms with van der Waals surface area (Å²) >= 11 is 9.40. The van der Waals surface area contributed by atoms with Gasteiger partial charge in [-0.05, 0) is 70.0 Å². The van der Waals surface area contributed by atoms with Crippen LogP contribution in [0.1, 0.15) is 5.56 Å². The van der Waals surface area contributed by atoms with E-state index in [1.165, 1.54) is 25.5 Å². The number of hydrogen-bond acceptors (Lipinski definition) is 6. The smallest absolute Gasteiger partial charge is 0.329 e. The third kappa shape index (κ3) is 7.52. The Morgan fingerprint density at radius 1 is 1.06 bits per heavy atom. The first kappa shape index (κ1) is 26.6. The van der Waals surface area contributed by atoms with Crippen LogP contribution in [0.2, 0.25) is 5.02 Å². The Labute approximate surface area is 218 Å². The number of methoxy groups -OCH3 is 1. The van der Waals surface area contributed by atoms with Gasteiger partial charge in [-0.25, -0.2) is 9.82 Å². The Balaban J connectivity index is 1.58. The van der Waals surface area contributed by atoms with Crippen LogP contribution >= 0.6 is 27.5 Å². The summed E-state index contributed by atoms with van der Waals surface area (Å²) in [6.07, 6.45) is 1.28. The van der Waals surface area contributed by atoms with E-state index in [0.29, 0.717) is 20.7 Å². The minimum Gasteiger partial charge on any atom is -0.493 e. The summed E-state index contributed by atoms with van der Waals surface area (Å²) in [4.78, 5) is 36.1. The summed E-state index contributed by atoms with van der Waals surface area (Å²) in [5, 5.41) is 9.12. The van der Waals surface area contributed by atoms with Crippen molar-refractivity contribution in [3.05, 3.63) is 81.5 Å². The number of amides is 3. The molecule has 3 rings (SSSR count). The first-order valence-electron chi connectivity index (χ1n) is 10.2. The standard InChI is InChI=1S/C24H19BrClFN4O5/c1-35-20-11-14(12-28-31-24(34)23(33)29-16-8-6-15(27)7-9-16)10-17(25)22(20)36-13-21(32)30-19-5-3-2-4-18(19)26/h2-12H,13H2,1H3,(H,29,33)(H,30,32)(H,31,34)/b28-12-. The van der Waals surface area contributed by atoms with E-state index in [0.717, 1.165) is 12.1 Å². The van der Waals surface area contributed by atoms with Gasteiger partial charge in [0.05, 0.1) is 28.5 Å². The van der Waals surface area contributed by atoms with Crippen LogP contribution in [0.3, 0.4) is 0 Å². The molecule has 0 unspecified atom stereocenters. The van der Waals surface area contributed by atoms with Crippen molar-refractivity contribution in [3.8, 4) is 11.5 Å². The fourth-order valence-electron chi connectivity index (χ4n) is 2.78. The van der Waals surface area contributed by atoms with Crippen molar-refractivity contribution < 1.29 is 28.2 Å². The lowest BCUT2D eigenvalue weighted by Gasteiger charge is -2.14. The van der Waals surface area contributed by atoms with Crippen LogP contribution in [-0.2, 0) is 14.4 Å². The molecule has 3 aromatic carbocycles. The highest BCUT2D eigenvalue weighted by Crippen LogP contribution is 2.36. The zero-order valence-electron chi connectivity index (χ0n) is 18.7. The molecular formula is C24H19BrClFN4O5. The molecule has 3 aromatic rings. The van der Waals surface area contributed by atoms with Gasteiger partial charge in [0, 0.05) is 5.69 Å². The van der Waals surface area contributed by atoms with Gasteiger partial charge in [-0.2, -0.15) is 5.10 Å². The number of para-hydroxylation sites is 1. The highest BCUT2D eigenvalue weighted by Gasteiger charge is 2.15. The number of hydrogen-bond donors (Lipinski definition) is 3. The molecule has 0 atom stereocenters. The van der Waals surface area contributed by atoms with E-state index in [1.807, 2.05) is 0 Å². The minimum absolute atomic E-state index is 0.255. The first-order valence-corrected chi connectivity index (χ1v) is 11.4. The van der Waals surface area contributed by atoms with Crippen molar-refractivity contribution in [1.29, 1.82) is 0 Å². The van der Waals surface area contributed by atoms with Crippen LogP contribution in [0.5, 0.6) is 11.5 Å². The summed E-state index contributed by atoms with van der Waals surface area (Å²) in [5.74, 6) is -2.34. The Bertz CT molecular complexity index is 1300. The van der Waals surface area contributed by atoms with Gasteiger partial charge >= 0.3 is 11.8 Å². The number of nitrogens with one attached hydrogen (secondary N) is 3. The van der Waals surface area contributed by atoms with Gasteiger partial charge in [0.15, 0.2) is 18.1 Å². The molecule has 12 heteroatoms. The highest BCUT2D eigenvalue weighted by atomic mass is 79.9. The summed E-state index contributed by atoms with van der Waals surface area (Å²) < 4.78 is 24.3. The van der Waals surface area contributed by atoms with E-state index in [2.05, 4.69) is 37.1 Å². The quantitative estimate of drug-likeness (QED) is 0.209. The molecule has 0 bridgehead atoms. The highest BCUT2D eigenvalue weighted by molar-refractivity contribution is 9.10. The normalized spacial score (nSPS) is 10.6. The maximum absolute atomic E-state index is 12.9. The van der Waals surface area contributed by atoms with Crippen molar-refractivity contribution in [3.63, 3.8) is 0 Å². The van der Waals surface area contributed by atoms with Gasteiger partial charge in [0.2, 0.25) is 0 Å². The van der Waals surface area contributed by atoms with E-state index < -0.39 is 23.5 Å². The van der Waals surface area contributed by atoms with Gasteiger partial charge in [-0.3, -0.25) is 14.4 Å². The number of carbonyl (C=O) groups is 3. The lowest BCUT2D eigenvalue weighted by Crippen LogP contribution is -2.32. The third-order valence-corrected chi connectivity index (χ3v) is 5.35. The Hall–Kier alpha value is -3.96. The molecule has 186 valence electrons. The number of halogens is 3. The molecule has 0 fully saturated rings. The topological polar surface area (TPSA) is 118 Å². The molecule has 0 heterocycles. The molecule has 0 radical (unpaired) electrons. The summed E-state index contributed by atoms with van der Waals surface area (Å²) in [5.41, 5.74) is 3.30. The third-order valence-electron chi connectivity index (χ3n) is 4.44. The molecule has 0 aliphatic heterocycles. The molecule has 3 N–H and O–H groups in total. The summed E-state index contributed by atoms with van der Waals surface area (Å²) in [7, 11) is 1.42. The van der Waals surface area contributed by atoms with E-state index in [-0.39, 0.29) is 23.8 Å². The zero-order valence-corrected chi connectivity index (χ0v) is 21.0. The Kier molecular flexibility index (Phi) is 9.37. The number of benzene rings is 3. The molecule has 0 aliphatic carbocycles. The number of anilines is 2. The second-order valence-corrected chi connectivity index (χ2v) is 8.27. The van der Waals surface area contributed by atoms with Crippen LogP contribution in [0.4, 0.5) is 15.8 Å². The lowest BCUT2D eigenvalue weighted by molar-refractivity contribution is -0.136. The number of ether oxygens (including phenoxy) is 2. The molecule has 0 aromatic heterocycles. The summed E-state index contributed by atoms with van der Waals surface area (Å²) in [6, 6.07) is 14.9. The molecule has 0 saturated heterocycles. The molecular weight excluding hydrogens is 559 g/mol. The molecule has 0 spiro atoms. The second kappa shape index (κ2) is 12.7. The van der Waals surface area contributed by atoms with Crippen LogP contribution < -0.4 is 25.5 Å². The van der Waals surface area contributed by atoms with E-state index in [1.54, 1.807) is 36.4 Å². The van der Waals surface area contributed by atoms with Crippen molar-refractivity contribution in [1.82, 2.24) is 5.43 Å². The van der Waals surface area contributed by atoms with Gasteiger partial charge < -0.3 is 20.1 Å². The monoisotopic (exact) mass is 576 g/mol. The molecule has 0 aliphatic rings. The SMILES string of the molecule is COc1cc(/C=N\NC(=O)C(=O)Nc2ccc(F)cc2)cc(Br)c1OCC(=O)Nc1ccccc1Cl. The fourth-order valence-corrected chi connectivity index (χ4v) is 3.54. The maximum atomic E-state index is 12.9. The first-order chi connectivity index (χ1) is 17.3. The average Bonchev–Trinajstić information content (AvgIpc) is 2.85. The van der Waals surface area contributed by atoms with Gasteiger partial charge in [0.25, 0.3) is 5.91 Å². The predicted octanol–water partition coefficient (Wildman–Crippen LogP) is 4.36. The van der Waals surface area contributed by atoms with E-state index >= 15 is 0 Å². The van der Waals surface area contributed by atoms with Crippen molar-refractivity contribution in [2.75, 3.05) is 24.4 Å². The van der Waals surface area contributed by atoms with E-state index in [9.17, 15) is 18.8 Å². The molecule has 36 heavy (non-hydrogen) atoms. The van der Waals surface area contributed by atoms with E-state index in [4.69, 9.17) is 21.1 Å². The number of nitrogens with zero attached hydrogens (tertiary/aromatic N) is 1. The fraction of sp³-hybridized carbons (Fsp3) is 0.0833.